The molecule has 4 rings (SSSR count). The molecule has 29 heavy (non-hydrogen) atoms. The first-order valence-electron chi connectivity index (χ1n) is 9.52. The molecule has 1 saturated heterocycles. The fourth-order valence-corrected chi connectivity index (χ4v) is 5.37. The third-order valence-electron chi connectivity index (χ3n) is 5.41. The van der Waals surface area contributed by atoms with Gasteiger partial charge >= 0.3 is 0 Å². The van der Waals surface area contributed by atoms with Gasteiger partial charge in [-0.15, -0.1) is 0 Å². The number of halogens is 1. The smallest absolute Gasteiger partial charge is 0.243 e. The molecule has 1 fully saturated rings. The summed E-state index contributed by atoms with van der Waals surface area (Å²) in [5, 5.41) is 4.59. The molecule has 3 aromatic rings. The monoisotopic (exact) mass is 431 g/mol. The average molecular weight is 432 g/mol. The summed E-state index contributed by atoms with van der Waals surface area (Å²) in [6, 6.07) is 12.5. The summed E-state index contributed by atoms with van der Waals surface area (Å²) in [4.78, 5) is 4.82. The molecular weight excluding hydrogens is 410 g/mol. The maximum Gasteiger partial charge on any atom is 0.243 e. The maximum atomic E-state index is 13.1. The predicted molar refractivity (Wildman–Crippen MR) is 111 cm³/mol. The van der Waals surface area contributed by atoms with Crippen LogP contribution in [0.2, 0.25) is 5.02 Å². The van der Waals surface area contributed by atoms with Crippen LogP contribution in [0.1, 0.15) is 35.8 Å². The first-order valence-corrected chi connectivity index (χ1v) is 11.3. The van der Waals surface area contributed by atoms with Crippen molar-refractivity contribution in [3.05, 3.63) is 64.5 Å². The van der Waals surface area contributed by atoms with Crippen molar-refractivity contribution in [2.45, 2.75) is 37.5 Å². The van der Waals surface area contributed by atoms with Crippen molar-refractivity contribution in [3.8, 4) is 11.4 Å². The molecule has 1 aliphatic rings. The van der Waals surface area contributed by atoms with Gasteiger partial charge in [0.05, 0.1) is 15.8 Å². The fraction of sp³-hybridized carbons (Fsp3) is 0.333. The molecule has 6 nitrogen and oxygen atoms in total. The molecule has 0 spiro atoms. The Morgan fingerprint density at radius 1 is 1.14 bits per heavy atom. The van der Waals surface area contributed by atoms with Crippen molar-refractivity contribution in [1.29, 1.82) is 0 Å². The van der Waals surface area contributed by atoms with E-state index in [1.54, 1.807) is 18.2 Å². The standard InChI is InChI=1S/C21H22ClN3O3S/c1-14-9-10-17(12-15(14)2)29(26,27)25-11-5-6-16(13-25)21-23-20(24-28-21)18-7-3-4-8-19(18)22/h3-4,7-10,12,16H,5-6,11,13H2,1-2H3/t16-/m1/s1. The van der Waals surface area contributed by atoms with Crippen LogP contribution in [0.4, 0.5) is 0 Å². The number of piperidine rings is 1. The SMILES string of the molecule is Cc1ccc(S(=O)(=O)N2CCC[C@@H](c3nc(-c4ccccc4Cl)no3)C2)cc1C. The Labute approximate surface area is 175 Å². The summed E-state index contributed by atoms with van der Waals surface area (Å²) in [5.41, 5.74) is 2.72. The zero-order valence-electron chi connectivity index (χ0n) is 16.3. The number of rotatable bonds is 4. The Balaban J connectivity index is 1.57. The van der Waals surface area contributed by atoms with E-state index in [4.69, 9.17) is 16.1 Å². The van der Waals surface area contributed by atoms with Crippen molar-refractivity contribution < 1.29 is 12.9 Å². The molecule has 0 amide bonds. The lowest BCUT2D eigenvalue weighted by molar-refractivity contribution is 0.265. The Hall–Kier alpha value is -2.22. The van der Waals surface area contributed by atoms with E-state index in [9.17, 15) is 8.42 Å². The van der Waals surface area contributed by atoms with Gasteiger partial charge in [0.15, 0.2) is 0 Å². The van der Waals surface area contributed by atoms with Crippen LogP contribution in [-0.4, -0.2) is 36.0 Å². The molecule has 2 heterocycles. The Bertz CT molecular complexity index is 1140. The number of benzene rings is 2. The van der Waals surface area contributed by atoms with Crippen molar-refractivity contribution in [2.75, 3.05) is 13.1 Å². The molecule has 0 N–H and O–H groups in total. The van der Waals surface area contributed by atoms with E-state index in [2.05, 4.69) is 10.1 Å². The number of aromatic nitrogens is 2. The van der Waals surface area contributed by atoms with Crippen LogP contribution in [0.15, 0.2) is 51.9 Å². The summed E-state index contributed by atoms with van der Waals surface area (Å²) >= 11 is 6.22. The van der Waals surface area contributed by atoms with Crippen LogP contribution in [0.3, 0.4) is 0 Å². The normalized spacial score (nSPS) is 18.1. The number of hydrogen-bond acceptors (Lipinski definition) is 5. The zero-order valence-corrected chi connectivity index (χ0v) is 17.9. The maximum absolute atomic E-state index is 13.1. The number of nitrogens with zero attached hydrogens (tertiary/aromatic N) is 3. The zero-order chi connectivity index (χ0) is 20.6. The van der Waals surface area contributed by atoms with Gasteiger partial charge in [-0.25, -0.2) is 8.42 Å². The molecule has 152 valence electrons. The number of aryl methyl sites for hydroxylation is 2. The average Bonchev–Trinajstić information content (AvgIpc) is 3.20. The van der Waals surface area contributed by atoms with Gasteiger partial charge < -0.3 is 4.52 Å². The minimum atomic E-state index is -3.57. The highest BCUT2D eigenvalue weighted by atomic mass is 35.5. The van der Waals surface area contributed by atoms with Gasteiger partial charge in [0, 0.05) is 18.7 Å². The van der Waals surface area contributed by atoms with Crippen molar-refractivity contribution in [1.82, 2.24) is 14.4 Å². The molecular formula is C21H22ClN3O3S. The fourth-order valence-electron chi connectivity index (χ4n) is 3.54. The predicted octanol–water partition coefficient (Wildman–Crippen LogP) is 4.58. The first kappa shape index (κ1) is 20.1. The molecule has 0 saturated carbocycles. The lowest BCUT2D eigenvalue weighted by Gasteiger charge is -2.30. The molecule has 0 aliphatic carbocycles. The van der Waals surface area contributed by atoms with Crippen LogP contribution < -0.4 is 0 Å². The second-order valence-corrected chi connectivity index (χ2v) is 9.73. The molecule has 0 unspecified atom stereocenters. The van der Waals surface area contributed by atoms with Crippen LogP contribution in [0.5, 0.6) is 0 Å². The lowest BCUT2D eigenvalue weighted by atomic mass is 10.00. The molecule has 1 atom stereocenters. The third-order valence-corrected chi connectivity index (χ3v) is 7.60. The number of sulfonamides is 1. The van der Waals surface area contributed by atoms with Crippen LogP contribution >= 0.6 is 11.6 Å². The van der Waals surface area contributed by atoms with Gasteiger partial charge in [-0.1, -0.05) is 35.0 Å². The van der Waals surface area contributed by atoms with E-state index in [1.807, 2.05) is 38.1 Å². The minimum Gasteiger partial charge on any atom is -0.339 e. The van der Waals surface area contributed by atoms with Gasteiger partial charge in [-0.2, -0.15) is 9.29 Å². The Kier molecular flexibility index (Phi) is 5.46. The highest BCUT2D eigenvalue weighted by Gasteiger charge is 2.33. The van der Waals surface area contributed by atoms with Crippen LogP contribution in [-0.2, 0) is 10.0 Å². The van der Waals surface area contributed by atoms with E-state index < -0.39 is 10.0 Å². The minimum absolute atomic E-state index is 0.145. The molecule has 1 aromatic heterocycles. The van der Waals surface area contributed by atoms with Crippen molar-refractivity contribution >= 4 is 21.6 Å². The quantitative estimate of drug-likeness (QED) is 0.604. The van der Waals surface area contributed by atoms with Crippen molar-refractivity contribution in [3.63, 3.8) is 0 Å². The summed E-state index contributed by atoms with van der Waals surface area (Å²) in [7, 11) is -3.57. The Morgan fingerprint density at radius 3 is 2.69 bits per heavy atom. The summed E-state index contributed by atoms with van der Waals surface area (Å²) < 4.78 is 33.3. The molecule has 0 bridgehead atoms. The third kappa shape index (κ3) is 3.95. The van der Waals surface area contributed by atoms with Gasteiger partial charge in [-0.3, -0.25) is 0 Å². The summed E-state index contributed by atoms with van der Waals surface area (Å²) in [6.45, 7) is 4.69. The van der Waals surface area contributed by atoms with Gasteiger partial charge in [-0.05, 0) is 62.1 Å². The topological polar surface area (TPSA) is 76.3 Å². The van der Waals surface area contributed by atoms with E-state index in [0.29, 0.717) is 40.3 Å². The highest BCUT2D eigenvalue weighted by Crippen LogP contribution is 2.32. The largest absolute Gasteiger partial charge is 0.339 e. The molecule has 1 aliphatic heterocycles. The van der Waals surface area contributed by atoms with E-state index in [0.717, 1.165) is 24.0 Å². The van der Waals surface area contributed by atoms with Crippen LogP contribution in [0, 0.1) is 13.8 Å². The Morgan fingerprint density at radius 2 is 1.93 bits per heavy atom. The van der Waals surface area contributed by atoms with Gasteiger partial charge in [0.2, 0.25) is 21.7 Å². The first-order chi connectivity index (χ1) is 13.9. The van der Waals surface area contributed by atoms with E-state index >= 15 is 0 Å². The summed E-state index contributed by atoms with van der Waals surface area (Å²) in [6.07, 6.45) is 1.53. The highest BCUT2D eigenvalue weighted by molar-refractivity contribution is 7.89. The lowest BCUT2D eigenvalue weighted by Crippen LogP contribution is -2.39. The summed E-state index contributed by atoms with van der Waals surface area (Å²) in [5.74, 6) is 0.716. The van der Waals surface area contributed by atoms with E-state index in [-0.39, 0.29) is 5.92 Å². The van der Waals surface area contributed by atoms with E-state index in [1.165, 1.54) is 4.31 Å². The van der Waals surface area contributed by atoms with Crippen LogP contribution in [0.25, 0.3) is 11.4 Å². The van der Waals surface area contributed by atoms with Gasteiger partial charge in [0.25, 0.3) is 0 Å². The van der Waals surface area contributed by atoms with Crippen molar-refractivity contribution in [2.24, 2.45) is 0 Å². The second kappa shape index (κ2) is 7.89. The van der Waals surface area contributed by atoms with Gasteiger partial charge in [0.1, 0.15) is 0 Å². The molecule has 2 aromatic carbocycles. The number of hydrogen-bond donors (Lipinski definition) is 0. The molecule has 8 heteroatoms. The molecule has 0 radical (unpaired) electrons. The second-order valence-electron chi connectivity index (χ2n) is 7.38.